The van der Waals surface area contributed by atoms with E-state index in [1.807, 2.05) is 18.2 Å². The summed E-state index contributed by atoms with van der Waals surface area (Å²) in [5, 5.41) is 1.30. The predicted octanol–water partition coefficient (Wildman–Crippen LogP) is 5.11. The van der Waals surface area contributed by atoms with E-state index in [1.165, 1.54) is 10.8 Å². The quantitative estimate of drug-likeness (QED) is 0.519. The number of allylic oxidation sites excluding steroid dienone is 7. The lowest BCUT2D eigenvalue weighted by molar-refractivity contribution is 0.104. The van der Waals surface area contributed by atoms with Gasteiger partial charge in [-0.15, -0.1) is 5.73 Å². The minimum absolute atomic E-state index is 0.198. The molecule has 3 aliphatic carbocycles. The van der Waals surface area contributed by atoms with Crippen molar-refractivity contribution in [2.45, 2.75) is 26.6 Å². The molecule has 1 aromatic carbocycles. The average molecular weight is 316 g/mol. The Balaban J connectivity index is 2.08. The van der Waals surface area contributed by atoms with Gasteiger partial charge in [0.15, 0.2) is 5.78 Å². The molecule has 0 aliphatic heterocycles. The van der Waals surface area contributed by atoms with Crippen molar-refractivity contribution in [1.82, 2.24) is 0 Å². The van der Waals surface area contributed by atoms with Crippen molar-refractivity contribution in [3.05, 3.63) is 81.3 Å². The van der Waals surface area contributed by atoms with Gasteiger partial charge in [0, 0.05) is 28.2 Å². The Hall–Kier alpha value is -2.15. The molecular weight excluding hydrogens is 296 g/mol. The fourth-order valence-corrected chi connectivity index (χ4v) is 5.42. The lowest BCUT2D eigenvalue weighted by atomic mass is 9.81. The van der Waals surface area contributed by atoms with Crippen LogP contribution in [0.4, 0.5) is 0 Å². The molecular formula is C21H20OSi. The zero-order valence-corrected chi connectivity index (χ0v) is 15.0. The number of carbonyl (C=O) groups excluding carboxylic acids is 1. The molecule has 0 aromatic heterocycles. The second kappa shape index (κ2) is 4.67. The molecule has 1 unspecified atom stereocenters. The van der Waals surface area contributed by atoms with E-state index < -0.39 is 8.07 Å². The van der Waals surface area contributed by atoms with E-state index in [2.05, 4.69) is 56.6 Å². The molecule has 0 heterocycles. The number of ketones is 1. The van der Waals surface area contributed by atoms with Crippen LogP contribution in [0.5, 0.6) is 0 Å². The van der Waals surface area contributed by atoms with Gasteiger partial charge in [0.05, 0.1) is 8.07 Å². The number of hydrogen-bond donors (Lipinski definition) is 0. The van der Waals surface area contributed by atoms with Crippen LogP contribution in [-0.2, 0) is 0 Å². The molecule has 114 valence electrons. The van der Waals surface area contributed by atoms with Crippen LogP contribution in [0.25, 0.3) is 5.57 Å². The summed E-state index contributed by atoms with van der Waals surface area (Å²) in [5.74, 6) is 0.447. The summed E-state index contributed by atoms with van der Waals surface area (Å²) in [6.45, 7) is 9.03. The summed E-state index contributed by atoms with van der Waals surface area (Å²) in [5.41, 5.74) is 9.86. The van der Waals surface area contributed by atoms with Crippen molar-refractivity contribution >= 4 is 19.4 Å². The predicted molar refractivity (Wildman–Crippen MR) is 98.0 cm³/mol. The average Bonchev–Trinajstić information content (AvgIpc) is 2.80. The first-order valence-corrected chi connectivity index (χ1v) is 11.6. The molecule has 4 rings (SSSR count). The summed E-state index contributed by atoms with van der Waals surface area (Å²) < 4.78 is 0. The number of carbonyl (C=O) groups is 1. The molecule has 0 bridgehead atoms. The van der Waals surface area contributed by atoms with Crippen molar-refractivity contribution in [1.29, 1.82) is 0 Å². The molecule has 0 spiro atoms. The first-order valence-electron chi connectivity index (χ1n) is 8.15. The van der Waals surface area contributed by atoms with Crippen molar-refractivity contribution in [2.75, 3.05) is 0 Å². The largest absolute Gasteiger partial charge is 0.289 e. The maximum atomic E-state index is 13.1. The minimum Gasteiger partial charge on any atom is -0.289 e. The van der Waals surface area contributed by atoms with Crippen LogP contribution in [0.2, 0.25) is 19.6 Å². The van der Waals surface area contributed by atoms with E-state index in [-0.39, 0.29) is 11.7 Å². The molecule has 0 N–H and O–H groups in total. The second-order valence-electron chi connectivity index (χ2n) is 7.56. The lowest BCUT2D eigenvalue weighted by Gasteiger charge is -2.30. The van der Waals surface area contributed by atoms with Crippen LogP contribution in [0.1, 0.15) is 22.8 Å². The molecule has 0 fully saturated rings. The summed E-state index contributed by atoms with van der Waals surface area (Å²) in [6, 6.07) is 8.03. The fourth-order valence-electron chi connectivity index (χ4n) is 3.76. The van der Waals surface area contributed by atoms with E-state index in [0.29, 0.717) is 0 Å². The van der Waals surface area contributed by atoms with E-state index in [4.69, 9.17) is 0 Å². The van der Waals surface area contributed by atoms with Crippen LogP contribution >= 0.6 is 0 Å². The van der Waals surface area contributed by atoms with Crippen molar-refractivity contribution < 1.29 is 4.79 Å². The molecule has 2 heteroatoms. The van der Waals surface area contributed by atoms with E-state index >= 15 is 0 Å². The maximum Gasteiger partial charge on any atom is 0.194 e. The topological polar surface area (TPSA) is 17.1 Å². The highest BCUT2D eigenvalue weighted by Gasteiger charge is 2.41. The van der Waals surface area contributed by atoms with Crippen LogP contribution in [0, 0.1) is 5.92 Å². The summed E-state index contributed by atoms with van der Waals surface area (Å²) >= 11 is 0. The number of fused-ring (bicyclic) bond motifs is 4. The van der Waals surface area contributed by atoms with Gasteiger partial charge < -0.3 is 0 Å². The fraction of sp³-hybridized carbons (Fsp3) is 0.238. The first kappa shape index (κ1) is 14.4. The van der Waals surface area contributed by atoms with Crippen LogP contribution in [0.3, 0.4) is 0 Å². The molecule has 1 aromatic rings. The van der Waals surface area contributed by atoms with Crippen molar-refractivity contribution in [2.24, 2.45) is 5.92 Å². The third-order valence-electron chi connectivity index (χ3n) is 4.83. The Kier molecular flexibility index (Phi) is 2.93. The highest BCUT2D eigenvalue weighted by molar-refractivity contribution is 6.85. The van der Waals surface area contributed by atoms with Gasteiger partial charge in [-0.1, -0.05) is 67.3 Å². The molecule has 1 atom stereocenters. The third-order valence-corrected chi connectivity index (χ3v) is 6.86. The third kappa shape index (κ3) is 2.03. The number of benzene rings is 1. The van der Waals surface area contributed by atoms with Gasteiger partial charge in [-0.05, 0) is 18.1 Å². The zero-order chi connectivity index (χ0) is 16.4. The minimum atomic E-state index is -1.62. The van der Waals surface area contributed by atoms with Crippen LogP contribution < -0.4 is 0 Å². The highest BCUT2D eigenvalue weighted by atomic mass is 28.3. The molecule has 0 amide bonds. The highest BCUT2D eigenvalue weighted by Crippen LogP contribution is 2.49. The molecule has 23 heavy (non-hydrogen) atoms. The summed E-state index contributed by atoms with van der Waals surface area (Å²) in [6.07, 6.45) is 6.71. The van der Waals surface area contributed by atoms with Gasteiger partial charge >= 0.3 is 0 Å². The van der Waals surface area contributed by atoms with E-state index in [9.17, 15) is 4.79 Å². The Labute approximate surface area is 138 Å². The smallest absolute Gasteiger partial charge is 0.194 e. The zero-order valence-electron chi connectivity index (χ0n) is 14.0. The molecule has 0 saturated carbocycles. The standard InChI is InChI=1S/C21H20OSi/c1-13-9-10-14-12-18(23(2,3)4)20-19(17(14)11-13)15-7-5-6-8-16(15)21(20)22/h5-10,12,14H,1-4H3. The summed E-state index contributed by atoms with van der Waals surface area (Å²) in [4.78, 5) is 13.1. The first-order chi connectivity index (χ1) is 10.9. The molecule has 0 saturated heterocycles. The summed E-state index contributed by atoms with van der Waals surface area (Å²) in [7, 11) is -1.62. The molecule has 1 nitrogen and oxygen atoms in total. The van der Waals surface area contributed by atoms with Gasteiger partial charge in [-0.25, -0.2) is 0 Å². The monoisotopic (exact) mass is 316 g/mol. The second-order valence-corrected chi connectivity index (χ2v) is 12.6. The van der Waals surface area contributed by atoms with Gasteiger partial charge in [0.1, 0.15) is 0 Å². The Morgan fingerprint density at radius 1 is 1.04 bits per heavy atom. The normalized spacial score (nSPS) is 22.2. The lowest BCUT2D eigenvalue weighted by Crippen LogP contribution is -2.30. The van der Waals surface area contributed by atoms with Crippen molar-refractivity contribution in [3.8, 4) is 0 Å². The van der Waals surface area contributed by atoms with Gasteiger partial charge in [-0.3, -0.25) is 4.79 Å². The number of hydrogen-bond acceptors (Lipinski definition) is 1. The van der Waals surface area contributed by atoms with E-state index in [0.717, 1.165) is 27.8 Å². The molecule has 3 aliphatic rings. The van der Waals surface area contributed by atoms with Gasteiger partial charge in [0.25, 0.3) is 0 Å². The van der Waals surface area contributed by atoms with E-state index in [1.54, 1.807) is 0 Å². The molecule has 0 radical (unpaired) electrons. The van der Waals surface area contributed by atoms with Gasteiger partial charge in [0.2, 0.25) is 0 Å². The maximum absolute atomic E-state index is 13.1. The Morgan fingerprint density at radius 3 is 2.43 bits per heavy atom. The van der Waals surface area contributed by atoms with Crippen LogP contribution in [-0.4, -0.2) is 13.9 Å². The van der Waals surface area contributed by atoms with Gasteiger partial charge in [-0.2, -0.15) is 0 Å². The Morgan fingerprint density at radius 2 is 1.74 bits per heavy atom. The number of Topliss-reactive ketones (excluding diaryl/α,β-unsaturated/α-hetero) is 1. The SMILES string of the molecule is CC1=C=C2C3=C(C(=O)c4ccccc43)C([Si](C)(C)C)=CC2C=C1. The number of rotatable bonds is 1. The van der Waals surface area contributed by atoms with Crippen molar-refractivity contribution in [3.63, 3.8) is 0 Å². The van der Waals surface area contributed by atoms with Crippen LogP contribution in [0.15, 0.2) is 70.1 Å². The Bertz CT molecular complexity index is 909.